The summed E-state index contributed by atoms with van der Waals surface area (Å²) in [5.41, 5.74) is 7.75. The largest absolute Gasteiger partial charge is 0.382 e. The third kappa shape index (κ3) is 2.55. The summed E-state index contributed by atoms with van der Waals surface area (Å²) >= 11 is 0. The molecule has 0 aliphatic heterocycles. The van der Waals surface area contributed by atoms with Crippen molar-refractivity contribution < 1.29 is 0 Å². The number of nitrogen functional groups attached to an aromatic ring is 1. The highest BCUT2D eigenvalue weighted by Gasteiger charge is 2.09. The van der Waals surface area contributed by atoms with Crippen LogP contribution >= 0.6 is 0 Å². The first-order valence-corrected chi connectivity index (χ1v) is 6.48. The van der Waals surface area contributed by atoms with Gasteiger partial charge in [-0.1, -0.05) is 13.8 Å². The van der Waals surface area contributed by atoms with E-state index in [0.29, 0.717) is 18.4 Å². The molecule has 98 valence electrons. The Bertz CT molecular complexity index is 507. The zero-order chi connectivity index (χ0) is 13.1. The van der Waals surface area contributed by atoms with Crippen molar-refractivity contribution in [3.05, 3.63) is 29.7 Å². The normalized spacial score (nSPS) is 11.3. The fourth-order valence-electron chi connectivity index (χ4n) is 2.18. The molecule has 0 bridgehead atoms. The molecule has 0 unspecified atom stereocenters. The number of aryl methyl sites for hydroxylation is 1. The third-order valence-electron chi connectivity index (χ3n) is 3.29. The van der Waals surface area contributed by atoms with Gasteiger partial charge in [0.15, 0.2) is 0 Å². The van der Waals surface area contributed by atoms with Gasteiger partial charge < -0.3 is 5.73 Å². The van der Waals surface area contributed by atoms with Crippen LogP contribution < -0.4 is 5.73 Å². The molecule has 0 aliphatic rings. The van der Waals surface area contributed by atoms with E-state index >= 15 is 0 Å². The highest BCUT2D eigenvalue weighted by atomic mass is 15.3. The highest BCUT2D eigenvalue weighted by Crippen LogP contribution is 2.15. The van der Waals surface area contributed by atoms with Crippen molar-refractivity contribution >= 4 is 5.82 Å². The molecular formula is C13H21N5. The van der Waals surface area contributed by atoms with E-state index in [0.717, 1.165) is 24.2 Å². The Labute approximate surface area is 108 Å². The lowest BCUT2D eigenvalue weighted by atomic mass is 10.2. The molecule has 5 nitrogen and oxygen atoms in total. The van der Waals surface area contributed by atoms with Crippen LogP contribution in [0.1, 0.15) is 44.1 Å². The van der Waals surface area contributed by atoms with Crippen LogP contribution in [0.3, 0.4) is 0 Å². The van der Waals surface area contributed by atoms with E-state index in [-0.39, 0.29) is 0 Å². The maximum atomic E-state index is 5.67. The Morgan fingerprint density at radius 1 is 1.28 bits per heavy atom. The van der Waals surface area contributed by atoms with Crippen molar-refractivity contribution in [1.82, 2.24) is 19.6 Å². The lowest BCUT2D eigenvalue weighted by Crippen LogP contribution is -2.09. The Kier molecular flexibility index (Phi) is 3.69. The summed E-state index contributed by atoms with van der Waals surface area (Å²) in [6.45, 7) is 7.05. The van der Waals surface area contributed by atoms with E-state index in [9.17, 15) is 0 Å². The molecule has 0 aliphatic carbocycles. The Balaban J connectivity index is 2.13. The topological polar surface area (TPSA) is 61.7 Å². The van der Waals surface area contributed by atoms with Crippen LogP contribution in [0.5, 0.6) is 0 Å². The zero-order valence-electron chi connectivity index (χ0n) is 11.3. The molecule has 0 amide bonds. The molecule has 0 aromatic carbocycles. The van der Waals surface area contributed by atoms with Gasteiger partial charge in [-0.05, 0) is 25.8 Å². The number of aromatic nitrogens is 4. The second kappa shape index (κ2) is 5.25. The molecule has 5 heteroatoms. The first-order chi connectivity index (χ1) is 8.63. The molecule has 2 rings (SSSR count). The van der Waals surface area contributed by atoms with Crippen LogP contribution in [0.25, 0.3) is 0 Å². The van der Waals surface area contributed by atoms with E-state index in [2.05, 4.69) is 41.0 Å². The minimum absolute atomic E-state index is 0.488. The summed E-state index contributed by atoms with van der Waals surface area (Å²) in [6, 6.07) is 4.41. The standard InChI is InChI=1S/C13H21N5/c1-4-12(5-2)17-7-6-11(15-17)9-18-10(3)8-13(14)16-18/h6-8,12H,4-5,9H2,1-3H3,(H2,14,16). The molecule has 2 N–H and O–H groups in total. The van der Waals surface area contributed by atoms with Crippen LogP contribution in [-0.2, 0) is 6.54 Å². The molecular weight excluding hydrogens is 226 g/mol. The van der Waals surface area contributed by atoms with Crippen molar-refractivity contribution in [2.75, 3.05) is 5.73 Å². The second-order valence-electron chi connectivity index (χ2n) is 4.63. The van der Waals surface area contributed by atoms with Crippen LogP contribution in [0, 0.1) is 6.92 Å². The number of rotatable bonds is 5. The summed E-state index contributed by atoms with van der Waals surface area (Å²) in [4.78, 5) is 0. The quantitative estimate of drug-likeness (QED) is 0.882. The van der Waals surface area contributed by atoms with Crippen LogP contribution in [0.15, 0.2) is 18.3 Å². The summed E-state index contributed by atoms with van der Waals surface area (Å²) in [7, 11) is 0. The molecule has 0 saturated carbocycles. The number of anilines is 1. The summed E-state index contributed by atoms with van der Waals surface area (Å²) in [5.74, 6) is 0.562. The van der Waals surface area contributed by atoms with Crippen molar-refractivity contribution in [3.8, 4) is 0 Å². The molecule has 2 aromatic heterocycles. The molecule has 18 heavy (non-hydrogen) atoms. The minimum atomic E-state index is 0.488. The average Bonchev–Trinajstić information content (AvgIpc) is 2.89. The fourth-order valence-corrected chi connectivity index (χ4v) is 2.18. The second-order valence-corrected chi connectivity index (χ2v) is 4.63. The smallest absolute Gasteiger partial charge is 0.145 e. The van der Waals surface area contributed by atoms with Crippen molar-refractivity contribution in [1.29, 1.82) is 0 Å². The predicted molar refractivity (Wildman–Crippen MR) is 72.3 cm³/mol. The van der Waals surface area contributed by atoms with Gasteiger partial charge in [0.2, 0.25) is 0 Å². The van der Waals surface area contributed by atoms with Gasteiger partial charge in [-0.2, -0.15) is 10.2 Å². The van der Waals surface area contributed by atoms with Crippen LogP contribution in [-0.4, -0.2) is 19.6 Å². The number of hydrogen-bond donors (Lipinski definition) is 1. The maximum Gasteiger partial charge on any atom is 0.145 e. The molecule has 2 heterocycles. The van der Waals surface area contributed by atoms with Crippen LogP contribution in [0.2, 0.25) is 0 Å². The lowest BCUT2D eigenvalue weighted by molar-refractivity contribution is 0.424. The van der Waals surface area contributed by atoms with Crippen molar-refractivity contribution in [3.63, 3.8) is 0 Å². The van der Waals surface area contributed by atoms with Gasteiger partial charge in [0.05, 0.1) is 18.3 Å². The molecule has 2 aromatic rings. The molecule has 0 fully saturated rings. The summed E-state index contributed by atoms with van der Waals surface area (Å²) in [6.07, 6.45) is 4.26. The SMILES string of the molecule is CCC(CC)n1ccc(Cn2nc(N)cc2C)n1. The predicted octanol–water partition coefficient (Wildman–Crippen LogP) is 2.38. The molecule has 0 atom stereocenters. The number of hydrogen-bond acceptors (Lipinski definition) is 3. The van der Waals surface area contributed by atoms with E-state index < -0.39 is 0 Å². The van der Waals surface area contributed by atoms with E-state index in [1.165, 1.54) is 0 Å². The van der Waals surface area contributed by atoms with Gasteiger partial charge in [0, 0.05) is 18.0 Å². The van der Waals surface area contributed by atoms with Gasteiger partial charge in [-0.3, -0.25) is 9.36 Å². The summed E-state index contributed by atoms with van der Waals surface area (Å²) in [5, 5.41) is 8.86. The van der Waals surface area contributed by atoms with Gasteiger partial charge in [-0.25, -0.2) is 0 Å². The Morgan fingerprint density at radius 2 is 2.00 bits per heavy atom. The zero-order valence-corrected chi connectivity index (χ0v) is 11.3. The Hall–Kier alpha value is -1.78. The lowest BCUT2D eigenvalue weighted by Gasteiger charge is -2.12. The first-order valence-electron chi connectivity index (χ1n) is 6.48. The number of nitrogens with zero attached hydrogens (tertiary/aromatic N) is 4. The average molecular weight is 247 g/mol. The van der Waals surface area contributed by atoms with Gasteiger partial charge >= 0.3 is 0 Å². The molecule has 0 radical (unpaired) electrons. The minimum Gasteiger partial charge on any atom is -0.382 e. The maximum absolute atomic E-state index is 5.67. The molecule has 0 spiro atoms. The monoisotopic (exact) mass is 247 g/mol. The van der Waals surface area contributed by atoms with Crippen molar-refractivity contribution in [2.45, 2.75) is 46.2 Å². The van der Waals surface area contributed by atoms with E-state index in [1.54, 1.807) is 0 Å². The van der Waals surface area contributed by atoms with Gasteiger partial charge in [0.1, 0.15) is 5.82 Å². The van der Waals surface area contributed by atoms with Crippen molar-refractivity contribution in [2.24, 2.45) is 0 Å². The Morgan fingerprint density at radius 3 is 2.56 bits per heavy atom. The van der Waals surface area contributed by atoms with Gasteiger partial charge in [0.25, 0.3) is 0 Å². The van der Waals surface area contributed by atoms with Gasteiger partial charge in [-0.15, -0.1) is 0 Å². The third-order valence-corrected chi connectivity index (χ3v) is 3.29. The fraction of sp³-hybridized carbons (Fsp3) is 0.538. The first kappa shape index (κ1) is 12.7. The van der Waals surface area contributed by atoms with Crippen LogP contribution in [0.4, 0.5) is 5.82 Å². The highest BCUT2D eigenvalue weighted by molar-refractivity contribution is 5.29. The van der Waals surface area contributed by atoms with E-state index in [4.69, 9.17) is 5.73 Å². The summed E-state index contributed by atoms with van der Waals surface area (Å²) < 4.78 is 3.94. The number of nitrogens with two attached hydrogens (primary N) is 1. The molecule has 0 saturated heterocycles. The van der Waals surface area contributed by atoms with E-state index in [1.807, 2.05) is 17.7 Å².